The van der Waals surface area contributed by atoms with Crippen molar-refractivity contribution >= 4 is 35.3 Å². The van der Waals surface area contributed by atoms with Crippen LogP contribution >= 0.6 is 23.4 Å². The van der Waals surface area contributed by atoms with Crippen LogP contribution in [0.3, 0.4) is 0 Å². The lowest BCUT2D eigenvalue weighted by atomic mass is 10.2. The van der Waals surface area contributed by atoms with Crippen molar-refractivity contribution in [2.75, 3.05) is 25.2 Å². The largest absolute Gasteiger partial charge is 0.453 e. The molecule has 6 heteroatoms. The minimum Gasteiger partial charge on any atom is -0.453 e. The number of benzene rings is 1. The van der Waals surface area contributed by atoms with E-state index in [1.54, 1.807) is 18.2 Å². The molecule has 0 aromatic heterocycles. The number of thioether (sulfide) groups is 1. The average Bonchev–Trinajstić information content (AvgIpc) is 2.63. The number of unbranched alkanes of at least 4 members (excludes halogenated alkanes) is 1. The lowest BCUT2D eigenvalue weighted by Crippen LogP contribution is -2.06. The molecule has 0 saturated heterocycles. The highest BCUT2D eigenvalue weighted by Crippen LogP contribution is 2.38. The second kappa shape index (κ2) is 13.5. The molecule has 1 aromatic rings. The van der Waals surface area contributed by atoms with Gasteiger partial charge in [-0.1, -0.05) is 43.7 Å². The molecule has 0 amide bonds. The Morgan fingerprint density at radius 1 is 1.38 bits per heavy atom. The maximum Gasteiger partial charge on any atom is 0.164 e. The number of allylic oxidation sites excluding steroid dienone is 3. The number of anilines is 1. The van der Waals surface area contributed by atoms with Crippen LogP contribution in [0.5, 0.6) is 5.75 Å². The van der Waals surface area contributed by atoms with Crippen LogP contribution in [-0.4, -0.2) is 31.3 Å². The SMILES string of the molecule is C=C(C)/C=C(/Cl)C(=C)Oc1c(NCCCC)cc(C=O)cc1SC.CO. The fourth-order valence-electron chi connectivity index (χ4n) is 1.95. The zero-order valence-electron chi connectivity index (χ0n) is 15.9. The second-order valence-corrected chi connectivity index (χ2v) is 6.62. The highest BCUT2D eigenvalue weighted by Gasteiger charge is 2.15. The van der Waals surface area contributed by atoms with Gasteiger partial charge in [0.25, 0.3) is 0 Å². The van der Waals surface area contributed by atoms with Crippen LogP contribution < -0.4 is 10.1 Å². The predicted molar refractivity (Wildman–Crippen MR) is 114 cm³/mol. The van der Waals surface area contributed by atoms with E-state index < -0.39 is 0 Å². The Balaban J connectivity index is 0.00000301. The summed E-state index contributed by atoms with van der Waals surface area (Å²) < 4.78 is 5.93. The number of rotatable bonds is 10. The standard InChI is InChI=1S/C19H24ClNO2S.CH4O/c1-6-7-8-21-17-10-15(12-22)11-18(24-5)19(17)23-14(4)16(20)9-13(2)3;1-2/h9-12,21H,2,4,6-8H2,1,3,5H3;2H,1H3/b16-9+;. The quantitative estimate of drug-likeness (QED) is 0.176. The van der Waals surface area contributed by atoms with E-state index in [0.29, 0.717) is 22.1 Å². The summed E-state index contributed by atoms with van der Waals surface area (Å²) in [6, 6.07) is 3.57. The molecule has 0 bridgehead atoms. The predicted octanol–water partition coefficient (Wildman–Crippen LogP) is 5.63. The number of carbonyl (C=O) groups excluding carboxylic acids is 1. The average molecular weight is 398 g/mol. The number of aliphatic hydroxyl groups is 1. The molecule has 0 unspecified atom stereocenters. The molecule has 0 atom stereocenters. The Labute approximate surface area is 166 Å². The Bertz CT molecular complexity index is 657. The smallest absolute Gasteiger partial charge is 0.164 e. The molecule has 0 saturated carbocycles. The number of carbonyl (C=O) groups is 1. The van der Waals surface area contributed by atoms with Gasteiger partial charge in [-0.05, 0) is 37.8 Å². The number of aliphatic hydroxyl groups excluding tert-OH is 1. The number of hydrogen-bond donors (Lipinski definition) is 2. The topological polar surface area (TPSA) is 58.6 Å². The van der Waals surface area contributed by atoms with E-state index in [1.165, 1.54) is 11.8 Å². The van der Waals surface area contributed by atoms with Gasteiger partial charge in [-0.25, -0.2) is 0 Å². The lowest BCUT2D eigenvalue weighted by Gasteiger charge is -2.18. The maximum atomic E-state index is 11.2. The summed E-state index contributed by atoms with van der Waals surface area (Å²) in [5.41, 5.74) is 2.17. The first-order chi connectivity index (χ1) is 12.4. The molecule has 0 radical (unpaired) electrons. The molecule has 0 spiro atoms. The number of hydrogen-bond acceptors (Lipinski definition) is 5. The summed E-state index contributed by atoms with van der Waals surface area (Å²) in [5, 5.41) is 10.7. The molecule has 1 aromatic carbocycles. The van der Waals surface area contributed by atoms with E-state index in [0.717, 1.165) is 48.9 Å². The van der Waals surface area contributed by atoms with Crippen molar-refractivity contribution in [1.29, 1.82) is 0 Å². The normalized spacial score (nSPS) is 10.5. The highest BCUT2D eigenvalue weighted by molar-refractivity contribution is 7.98. The molecule has 0 aliphatic heterocycles. The van der Waals surface area contributed by atoms with Crippen molar-refractivity contribution in [2.24, 2.45) is 0 Å². The molecule has 0 aliphatic rings. The van der Waals surface area contributed by atoms with E-state index in [1.807, 2.05) is 13.2 Å². The van der Waals surface area contributed by atoms with Crippen LogP contribution in [0.25, 0.3) is 0 Å². The van der Waals surface area contributed by atoms with Gasteiger partial charge in [0.1, 0.15) is 12.0 Å². The summed E-state index contributed by atoms with van der Waals surface area (Å²) in [4.78, 5) is 12.0. The molecule has 2 N–H and O–H groups in total. The fourth-order valence-corrected chi connectivity index (χ4v) is 2.76. The number of ether oxygens (including phenoxy) is 1. The summed E-state index contributed by atoms with van der Waals surface area (Å²) in [6.45, 7) is 12.5. The molecule has 1 rings (SSSR count). The van der Waals surface area contributed by atoms with Crippen LogP contribution in [-0.2, 0) is 0 Å². The van der Waals surface area contributed by atoms with Crippen LogP contribution in [0.4, 0.5) is 5.69 Å². The van der Waals surface area contributed by atoms with E-state index in [4.69, 9.17) is 21.4 Å². The van der Waals surface area contributed by atoms with E-state index >= 15 is 0 Å². The third-order valence-electron chi connectivity index (χ3n) is 3.14. The van der Waals surface area contributed by atoms with Gasteiger partial charge in [0.2, 0.25) is 0 Å². The van der Waals surface area contributed by atoms with Crippen molar-refractivity contribution < 1.29 is 14.6 Å². The molecule has 26 heavy (non-hydrogen) atoms. The number of aldehydes is 1. The van der Waals surface area contributed by atoms with Gasteiger partial charge >= 0.3 is 0 Å². The summed E-state index contributed by atoms with van der Waals surface area (Å²) in [7, 11) is 1.00. The van der Waals surface area contributed by atoms with Crippen molar-refractivity contribution in [2.45, 2.75) is 31.6 Å². The Hall–Kier alpha value is -1.69. The summed E-state index contributed by atoms with van der Waals surface area (Å²) in [5.74, 6) is 0.967. The van der Waals surface area contributed by atoms with Gasteiger partial charge in [0.05, 0.1) is 15.6 Å². The molecule has 4 nitrogen and oxygen atoms in total. The Kier molecular flexibility index (Phi) is 12.6. The van der Waals surface area contributed by atoms with Crippen molar-refractivity contribution in [1.82, 2.24) is 0 Å². The monoisotopic (exact) mass is 397 g/mol. The van der Waals surface area contributed by atoms with E-state index in [9.17, 15) is 4.79 Å². The van der Waals surface area contributed by atoms with Crippen LogP contribution in [0.15, 0.2) is 52.6 Å². The van der Waals surface area contributed by atoms with Crippen LogP contribution in [0, 0.1) is 0 Å². The lowest BCUT2D eigenvalue weighted by molar-refractivity contribution is 0.112. The first kappa shape index (κ1) is 24.3. The van der Waals surface area contributed by atoms with Crippen molar-refractivity contribution in [3.63, 3.8) is 0 Å². The first-order valence-electron chi connectivity index (χ1n) is 8.18. The molecular weight excluding hydrogens is 370 g/mol. The summed E-state index contributed by atoms with van der Waals surface area (Å²) >= 11 is 7.70. The minimum atomic E-state index is 0.340. The van der Waals surface area contributed by atoms with Gasteiger partial charge in [-0.15, -0.1) is 11.8 Å². The maximum absolute atomic E-state index is 11.2. The second-order valence-electron chi connectivity index (χ2n) is 5.36. The van der Waals surface area contributed by atoms with Crippen LogP contribution in [0.2, 0.25) is 0 Å². The van der Waals surface area contributed by atoms with E-state index in [2.05, 4.69) is 25.4 Å². The molecule has 0 heterocycles. The van der Waals surface area contributed by atoms with Gasteiger partial charge in [-0.2, -0.15) is 0 Å². The summed E-state index contributed by atoms with van der Waals surface area (Å²) in [6.07, 6.45) is 6.56. The van der Waals surface area contributed by atoms with E-state index in [-0.39, 0.29) is 0 Å². The Morgan fingerprint density at radius 3 is 2.54 bits per heavy atom. The van der Waals surface area contributed by atoms with Crippen molar-refractivity contribution in [3.8, 4) is 5.75 Å². The zero-order chi connectivity index (χ0) is 20.1. The number of nitrogens with one attached hydrogen (secondary N) is 1. The minimum absolute atomic E-state index is 0.340. The molecule has 0 aliphatic carbocycles. The fraction of sp³-hybridized carbons (Fsp3) is 0.350. The first-order valence-corrected chi connectivity index (χ1v) is 9.78. The molecule has 144 valence electrons. The van der Waals surface area contributed by atoms with Gasteiger partial charge in [-0.3, -0.25) is 4.79 Å². The third kappa shape index (κ3) is 8.13. The zero-order valence-corrected chi connectivity index (χ0v) is 17.5. The molecule has 0 fully saturated rings. The van der Waals surface area contributed by atoms with Gasteiger partial charge in [0.15, 0.2) is 5.75 Å². The third-order valence-corrected chi connectivity index (χ3v) is 4.21. The highest BCUT2D eigenvalue weighted by atomic mass is 35.5. The van der Waals surface area contributed by atoms with Gasteiger partial charge in [0, 0.05) is 19.2 Å². The molecular formula is C20H28ClNO3S. The van der Waals surface area contributed by atoms with Gasteiger partial charge < -0.3 is 15.2 Å². The van der Waals surface area contributed by atoms with Crippen molar-refractivity contribution in [3.05, 3.63) is 53.3 Å². The van der Waals surface area contributed by atoms with Crippen LogP contribution in [0.1, 0.15) is 37.0 Å². The Morgan fingerprint density at radius 2 is 2.04 bits per heavy atom. The number of halogens is 1.